The highest BCUT2D eigenvalue weighted by atomic mass is 19.1. The third-order valence-electron chi connectivity index (χ3n) is 5.10. The Labute approximate surface area is 183 Å². The number of pyridine rings is 1. The van der Waals surface area contributed by atoms with Crippen molar-refractivity contribution >= 4 is 16.9 Å². The second-order valence-corrected chi connectivity index (χ2v) is 7.24. The van der Waals surface area contributed by atoms with Gasteiger partial charge in [-0.05, 0) is 66.2 Å². The van der Waals surface area contributed by atoms with Gasteiger partial charge in [0, 0.05) is 29.6 Å². The molecule has 2 aromatic heterocycles. The molecule has 0 saturated carbocycles. The number of anilines is 1. The van der Waals surface area contributed by atoms with Crippen molar-refractivity contribution in [3.05, 3.63) is 96.7 Å². The molecule has 0 fully saturated rings. The fraction of sp³-hybridized carbons (Fsp3) is 0.0385. The van der Waals surface area contributed by atoms with Crippen molar-refractivity contribution in [2.45, 2.75) is 0 Å². The first-order valence-electron chi connectivity index (χ1n) is 10.0. The zero-order chi connectivity index (χ0) is 22.1. The lowest BCUT2D eigenvalue weighted by Gasteiger charge is -2.09. The summed E-state index contributed by atoms with van der Waals surface area (Å²) in [6.45, 7) is 0. The maximum absolute atomic E-state index is 13.5. The fourth-order valence-corrected chi connectivity index (χ4v) is 3.52. The summed E-state index contributed by atoms with van der Waals surface area (Å²) in [6, 6.07) is 21.6. The van der Waals surface area contributed by atoms with Crippen molar-refractivity contribution in [2.24, 2.45) is 0 Å². The molecular weight excluding hydrogens is 410 g/mol. The van der Waals surface area contributed by atoms with Gasteiger partial charge in [-0.25, -0.2) is 8.78 Å². The lowest BCUT2D eigenvalue weighted by molar-refractivity contribution is 0.478. The summed E-state index contributed by atoms with van der Waals surface area (Å²) < 4.78 is 38.2. The average molecular weight is 428 g/mol. The summed E-state index contributed by atoms with van der Waals surface area (Å²) in [5.41, 5.74) is 4.02. The van der Waals surface area contributed by atoms with E-state index in [1.54, 1.807) is 37.5 Å². The number of ether oxygens (including phenoxy) is 1. The van der Waals surface area contributed by atoms with Crippen molar-refractivity contribution in [1.82, 2.24) is 4.98 Å². The fourth-order valence-electron chi connectivity index (χ4n) is 3.52. The second kappa shape index (κ2) is 8.15. The predicted octanol–water partition coefficient (Wildman–Crippen LogP) is 7.27. The van der Waals surface area contributed by atoms with Crippen LogP contribution in [0.15, 0.2) is 89.5 Å². The Morgan fingerprint density at radius 2 is 1.47 bits per heavy atom. The molecule has 0 aliphatic heterocycles. The van der Waals surface area contributed by atoms with Crippen LogP contribution in [0.1, 0.15) is 0 Å². The van der Waals surface area contributed by atoms with Crippen LogP contribution in [0.2, 0.25) is 0 Å². The number of furan rings is 1. The van der Waals surface area contributed by atoms with Gasteiger partial charge < -0.3 is 14.5 Å². The minimum absolute atomic E-state index is 0.296. The zero-order valence-electron chi connectivity index (χ0n) is 17.1. The molecule has 3 aromatic carbocycles. The maximum atomic E-state index is 13.5. The number of halogens is 2. The van der Waals surface area contributed by atoms with Gasteiger partial charge in [0.15, 0.2) is 5.88 Å². The molecule has 32 heavy (non-hydrogen) atoms. The molecule has 0 aliphatic carbocycles. The van der Waals surface area contributed by atoms with Crippen LogP contribution in [0.4, 0.5) is 14.7 Å². The van der Waals surface area contributed by atoms with Crippen LogP contribution in [0.5, 0.6) is 11.5 Å². The van der Waals surface area contributed by atoms with Gasteiger partial charge in [-0.1, -0.05) is 12.1 Å². The van der Waals surface area contributed by atoms with Gasteiger partial charge in [-0.2, -0.15) is 0 Å². The number of rotatable bonds is 5. The summed E-state index contributed by atoms with van der Waals surface area (Å²) >= 11 is 0. The van der Waals surface area contributed by atoms with Gasteiger partial charge in [0.05, 0.1) is 11.9 Å². The Hall–Kier alpha value is -4.19. The number of nitrogens with zero attached hydrogens (tertiary/aromatic N) is 1. The maximum Gasteiger partial charge on any atom is 0.193 e. The van der Waals surface area contributed by atoms with Gasteiger partial charge >= 0.3 is 0 Å². The summed E-state index contributed by atoms with van der Waals surface area (Å²) in [4.78, 5) is 4.54. The number of nitrogens with one attached hydrogen (secondary N) is 1. The van der Waals surface area contributed by atoms with Crippen LogP contribution in [0.3, 0.4) is 0 Å². The van der Waals surface area contributed by atoms with Crippen LogP contribution in [-0.2, 0) is 0 Å². The Morgan fingerprint density at radius 3 is 2.12 bits per heavy atom. The number of hydrogen-bond acceptors (Lipinski definition) is 4. The van der Waals surface area contributed by atoms with Crippen LogP contribution in [0.25, 0.3) is 33.4 Å². The molecule has 0 radical (unpaired) electrons. The summed E-state index contributed by atoms with van der Waals surface area (Å²) in [5, 5.41) is 3.92. The second-order valence-electron chi connectivity index (χ2n) is 7.24. The summed E-state index contributed by atoms with van der Waals surface area (Å²) in [6.07, 6.45) is 1.62. The molecular formula is C26H18F2N2O2. The molecule has 0 amide bonds. The van der Waals surface area contributed by atoms with Crippen LogP contribution < -0.4 is 10.1 Å². The van der Waals surface area contributed by atoms with Crippen molar-refractivity contribution in [3.8, 4) is 33.9 Å². The standard InChI is InChI=1S/C26H18F2N2O2/c1-29-25-14-18-12-17(13-23(26(18)32-25)16-2-4-19(27)5-3-16)24-11-10-22(15-30-24)31-21-8-6-20(28)7-9-21/h2-15,29H,1H3. The lowest BCUT2D eigenvalue weighted by Crippen LogP contribution is -1.89. The van der Waals surface area contributed by atoms with Crippen LogP contribution in [-0.4, -0.2) is 12.0 Å². The van der Waals surface area contributed by atoms with E-state index in [0.29, 0.717) is 23.0 Å². The molecule has 0 saturated heterocycles. The number of aromatic nitrogens is 1. The van der Waals surface area contributed by atoms with E-state index >= 15 is 0 Å². The van der Waals surface area contributed by atoms with Gasteiger partial charge in [-0.15, -0.1) is 0 Å². The van der Waals surface area contributed by atoms with Crippen molar-refractivity contribution < 1.29 is 17.9 Å². The lowest BCUT2D eigenvalue weighted by atomic mass is 9.99. The van der Waals surface area contributed by atoms with Gasteiger partial charge in [0.1, 0.15) is 28.7 Å². The molecule has 0 unspecified atom stereocenters. The third-order valence-corrected chi connectivity index (χ3v) is 5.10. The largest absolute Gasteiger partial charge is 0.456 e. The summed E-state index contributed by atoms with van der Waals surface area (Å²) in [5.74, 6) is 1.09. The molecule has 4 nitrogen and oxygen atoms in total. The van der Waals surface area contributed by atoms with Crippen molar-refractivity contribution in [2.75, 3.05) is 12.4 Å². The van der Waals surface area contributed by atoms with E-state index in [1.807, 2.05) is 30.3 Å². The Bertz CT molecular complexity index is 1380. The molecule has 1 N–H and O–H groups in total. The summed E-state index contributed by atoms with van der Waals surface area (Å²) in [7, 11) is 1.79. The van der Waals surface area contributed by atoms with Gasteiger partial charge in [0.2, 0.25) is 0 Å². The molecule has 2 heterocycles. The highest BCUT2D eigenvalue weighted by Crippen LogP contribution is 2.37. The quantitative estimate of drug-likeness (QED) is 0.320. The first-order valence-corrected chi connectivity index (χ1v) is 10.0. The molecule has 0 atom stereocenters. The third kappa shape index (κ3) is 3.90. The predicted molar refractivity (Wildman–Crippen MR) is 121 cm³/mol. The average Bonchev–Trinajstić information content (AvgIpc) is 3.24. The van der Waals surface area contributed by atoms with E-state index in [-0.39, 0.29) is 11.6 Å². The number of hydrogen-bond donors (Lipinski definition) is 1. The van der Waals surface area contributed by atoms with E-state index in [9.17, 15) is 8.78 Å². The molecule has 5 aromatic rings. The van der Waals surface area contributed by atoms with E-state index in [4.69, 9.17) is 9.15 Å². The number of fused-ring (bicyclic) bond motifs is 1. The van der Waals surface area contributed by atoms with Crippen LogP contribution in [0, 0.1) is 11.6 Å². The first-order chi connectivity index (χ1) is 15.6. The molecule has 158 valence electrons. The monoisotopic (exact) mass is 428 g/mol. The topological polar surface area (TPSA) is 47.3 Å². The van der Waals surface area contributed by atoms with E-state index in [0.717, 1.165) is 27.8 Å². The highest BCUT2D eigenvalue weighted by molar-refractivity contribution is 5.97. The minimum Gasteiger partial charge on any atom is -0.456 e. The normalized spacial score (nSPS) is 11.0. The van der Waals surface area contributed by atoms with E-state index in [2.05, 4.69) is 10.3 Å². The van der Waals surface area contributed by atoms with E-state index < -0.39 is 0 Å². The highest BCUT2D eigenvalue weighted by Gasteiger charge is 2.14. The zero-order valence-corrected chi connectivity index (χ0v) is 17.1. The molecule has 0 aliphatic rings. The Morgan fingerprint density at radius 1 is 0.781 bits per heavy atom. The van der Waals surface area contributed by atoms with Crippen molar-refractivity contribution in [1.29, 1.82) is 0 Å². The van der Waals surface area contributed by atoms with Gasteiger partial charge in [-0.3, -0.25) is 4.98 Å². The smallest absolute Gasteiger partial charge is 0.193 e. The number of benzene rings is 3. The van der Waals surface area contributed by atoms with Gasteiger partial charge in [0.25, 0.3) is 0 Å². The SMILES string of the molecule is CNc1cc2cc(-c3ccc(Oc4ccc(F)cc4)cn3)cc(-c3ccc(F)cc3)c2o1. The van der Waals surface area contributed by atoms with Crippen LogP contribution >= 0.6 is 0 Å². The molecule has 0 spiro atoms. The first kappa shape index (κ1) is 19.8. The Balaban J connectivity index is 1.53. The van der Waals surface area contributed by atoms with E-state index in [1.165, 1.54) is 24.3 Å². The minimum atomic E-state index is -0.321. The Kier molecular flexibility index (Phi) is 5.03. The molecule has 0 bridgehead atoms. The molecule has 5 rings (SSSR count). The molecule has 6 heteroatoms. The van der Waals surface area contributed by atoms with Crippen molar-refractivity contribution in [3.63, 3.8) is 0 Å².